The molecule has 0 aliphatic carbocycles. The zero-order chi connectivity index (χ0) is 44.6. The molecule has 0 radical (unpaired) electrons. The van der Waals surface area contributed by atoms with Crippen LogP contribution in [0.25, 0.3) is 0 Å². The Morgan fingerprint density at radius 2 is 1.00 bits per heavy atom. The van der Waals surface area contributed by atoms with Crippen molar-refractivity contribution in [1.29, 1.82) is 0 Å². The maximum atomic E-state index is 13.9. The highest BCUT2D eigenvalue weighted by Crippen LogP contribution is 2.28. The fraction of sp³-hybridized carbons (Fsp3) is 0.500. The van der Waals surface area contributed by atoms with E-state index in [-0.39, 0.29) is 47.5 Å². The number of carbonyl (C=O) groups excluding carboxylic acids is 6. The number of hydrogen-bond acceptors (Lipinski definition) is 7. The van der Waals surface area contributed by atoms with Crippen molar-refractivity contribution >= 4 is 52.8 Å². The van der Waals surface area contributed by atoms with Crippen LogP contribution in [0, 0.1) is 11.8 Å². The van der Waals surface area contributed by atoms with E-state index in [4.69, 9.17) is 0 Å². The van der Waals surface area contributed by atoms with Crippen molar-refractivity contribution in [2.75, 3.05) is 54.8 Å². The monoisotopic (exact) mass is 861 g/mol. The molecule has 4 N–H and O–H groups in total. The summed E-state index contributed by atoms with van der Waals surface area (Å²) in [6.07, 6.45) is 4.10. The lowest BCUT2D eigenvalue weighted by molar-refractivity contribution is -0.142. The Bertz CT molecular complexity index is 1970. The molecule has 4 aliphatic heterocycles. The average Bonchev–Trinajstić information content (AvgIpc) is 3.98. The van der Waals surface area contributed by atoms with Gasteiger partial charge in [0.25, 0.3) is 0 Å². The van der Waals surface area contributed by atoms with Crippen LogP contribution in [0.5, 0.6) is 0 Å². The molecule has 4 heterocycles. The minimum atomic E-state index is -0.628. The number of urea groups is 2. The molecule has 336 valence electrons. The molecule has 63 heavy (non-hydrogen) atoms. The van der Waals surface area contributed by atoms with E-state index in [9.17, 15) is 28.8 Å². The summed E-state index contributed by atoms with van der Waals surface area (Å²) >= 11 is 0. The smallest absolute Gasteiger partial charge is 0.318 e. The Kier molecular flexibility index (Phi) is 14.5. The molecular weight excluding hydrogens is 799 g/mol. The third-order valence-electron chi connectivity index (χ3n) is 12.7. The molecule has 0 aromatic heterocycles. The molecule has 2 unspecified atom stereocenters. The Morgan fingerprint density at radius 1 is 0.587 bits per heavy atom. The number of rotatable bonds is 15. The number of hydrogen-bond donors (Lipinski definition) is 4. The zero-order valence-corrected chi connectivity index (χ0v) is 37.1. The molecule has 7 rings (SSSR count). The van der Waals surface area contributed by atoms with Crippen LogP contribution < -0.4 is 26.2 Å². The lowest BCUT2D eigenvalue weighted by atomic mass is 9.99. The van der Waals surface area contributed by atoms with E-state index in [0.29, 0.717) is 76.6 Å². The second-order valence-electron chi connectivity index (χ2n) is 17.9. The Labute approximate surface area is 370 Å². The number of amides is 8. The number of likely N-dealkylation sites (tertiary alicyclic amines) is 2. The van der Waals surface area contributed by atoms with Crippen molar-refractivity contribution < 1.29 is 28.8 Å². The highest BCUT2D eigenvalue weighted by Gasteiger charge is 2.43. The number of carbonyl (C=O) groups is 6. The standard InChI is InChI=1S/C48H63N9O6/c1-32(2)41(56-28-10-24-49-47(56)62)45(60)54-26-8-14-39(54)43(58)51-36-20-16-34(17-21-36)30-53(38-12-6-5-7-13-38)31-35-18-22-37(23-19-35)52-44(59)40-15-9-27-55(40)46(61)42(33(3)4)57-29-11-25-50-48(57)63/h5-7,12-13,16-23,32-33,39-42H,8-11,14-15,24-31H2,1-4H3,(H,49,62)(H,50,63)(H,51,58)(H,52,59)/t39-,40?,41?,42-/m0/s1. The van der Waals surface area contributed by atoms with Gasteiger partial charge in [0.1, 0.15) is 24.2 Å². The fourth-order valence-electron chi connectivity index (χ4n) is 9.49. The number of benzene rings is 3. The second-order valence-corrected chi connectivity index (χ2v) is 17.9. The van der Waals surface area contributed by atoms with Crippen molar-refractivity contribution in [3.63, 3.8) is 0 Å². The van der Waals surface area contributed by atoms with Crippen molar-refractivity contribution in [3.05, 3.63) is 90.0 Å². The molecule has 4 atom stereocenters. The van der Waals surface area contributed by atoms with Crippen LogP contribution in [-0.2, 0) is 32.3 Å². The SMILES string of the molecule is CC(C)C(C(=O)N1CCC[C@H]1C(=O)Nc1ccc(CN(Cc2ccc(NC(=O)C3CCCN3C(=O)[C@H](C(C)C)N3CCCNC3=O)cc2)c2ccccc2)cc1)N1CCCNC1=O. The van der Waals surface area contributed by atoms with E-state index in [1.54, 1.807) is 19.6 Å². The molecular formula is C48H63N9O6. The zero-order valence-electron chi connectivity index (χ0n) is 37.1. The summed E-state index contributed by atoms with van der Waals surface area (Å²) in [5.74, 6) is -1.03. The van der Waals surface area contributed by atoms with Gasteiger partial charge >= 0.3 is 12.1 Å². The molecule has 4 fully saturated rings. The van der Waals surface area contributed by atoms with Crippen LogP contribution in [0.2, 0.25) is 0 Å². The topological polar surface area (TPSA) is 167 Å². The predicted octanol–water partition coefficient (Wildman–Crippen LogP) is 5.63. The molecule has 8 amide bonds. The number of anilines is 3. The van der Waals surface area contributed by atoms with Crippen LogP contribution in [-0.4, -0.2) is 119 Å². The highest BCUT2D eigenvalue weighted by molar-refractivity contribution is 6.00. The third-order valence-corrected chi connectivity index (χ3v) is 12.7. The summed E-state index contributed by atoms with van der Waals surface area (Å²) in [6.45, 7) is 12.1. The predicted molar refractivity (Wildman–Crippen MR) is 243 cm³/mol. The average molecular weight is 862 g/mol. The first-order chi connectivity index (χ1) is 30.4. The lowest BCUT2D eigenvalue weighted by Gasteiger charge is -2.39. The third kappa shape index (κ3) is 10.6. The van der Waals surface area contributed by atoms with Crippen LogP contribution >= 0.6 is 0 Å². The molecule has 3 aromatic rings. The minimum Gasteiger partial charge on any atom is -0.363 e. The number of para-hydroxylation sites is 1. The summed E-state index contributed by atoms with van der Waals surface area (Å²) in [7, 11) is 0. The van der Waals surface area contributed by atoms with Gasteiger partial charge in [-0.05, 0) is 97.9 Å². The van der Waals surface area contributed by atoms with Gasteiger partial charge in [0.15, 0.2) is 0 Å². The van der Waals surface area contributed by atoms with E-state index in [1.165, 1.54) is 0 Å². The van der Waals surface area contributed by atoms with Crippen molar-refractivity contribution in [2.24, 2.45) is 11.8 Å². The minimum absolute atomic E-state index is 0.102. The molecule has 3 aromatic carbocycles. The first-order valence-corrected chi connectivity index (χ1v) is 22.7. The van der Waals surface area contributed by atoms with Gasteiger partial charge in [-0.2, -0.15) is 0 Å². The molecule has 4 saturated heterocycles. The summed E-state index contributed by atoms with van der Waals surface area (Å²) in [5, 5.41) is 11.8. The molecule has 4 aliphatic rings. The summed E-state index contributed by atoms with van der Waals surface area (Å²) in [4.78, 5) is 89.3. The Hall–Kier alpha value is -6.12. The largest absolute Gasteiger partial charge is 0.363 e. The van der Waals surface area contributed by atoms with Crippen LogP contribution in [0.3, 0.4) is 0 Å². The second kappa shape index (κ2) is 20.4. The summed E-state index contributed by atoms with van der Waals surface area (Å²) in [6, 6.07) is 22.7. The van der Waals surface area contributed by atoms with Crippen LogP contribution in [0.1, 0.15) is 77.3 Å². The van der Waals surface area contributed by atoms with E-state index in [2.05, 4.69) is 38.3 Å². The summed E-state index contributed by atoms with van der Waals surface area (Å²) < 4.78 is 0. The van der Waals surface area contributed by atoms with E-state index >= 15 is 0 Å². The van der Waals surface area contributed by atoms with Crippen molar-refractivity contribution in [3.8, 4) is 0 Å². The highest BCUT2D eigenvalue weighted by atomic mass is 16.2. The first-order valence-electron chi connectivity index (χ1n) is 22.7. The van der Waals surface area contributed by atoms with Gasteiger partial charge in [-0.15, -0.1) is 0 Å². The molecule has 0 spiro atoms. The molecule has 15 heteroatoms. The lowest BCUT2D eigenvalue weighted by Crippen LogP contribution is -2.60. The maximum absolute atomic E-state index is 13.9. The van der Waals surface area contributed by atoms with Gasteiger partial charge in [0.2, 0.25) is 23.6 Å². The summed E-state index contributed by atoms with van der Waals surface area (Å²) in [5.41, 5.74) is 4.39. The fourth-order valence-corrected chi connectivity index (χ4v) is 9.49. The maximum Gasteiger partial charge on any atom is 0.318 e. The number of nitrogens with zero attached hydrogens (tertiary/aromatic N) is 5. The Morgan fingerprint density at radius 3 is 1.38 bits per heavy atom. The quantitative estimate of drug-likeness (QED) is 0.154. The van der Waals surface area contributed by atoms with E-state index < -0.39 is 24.2 Å². The molecule has 15 nitrogen and oxygen atoms in total. The van der Waals surface area contributed by atoms with E-state index in [0.717, 1.165) is 42.5 Å². The normalized spacial score (nSPS) is 20.0. The van der Waals surface area contributed by atoms with Gasteiger partial charge in [0, 0.05) is 69.4 Å². The van der Waals surface area contributed by atoms with Crippen molar-refractivity contribution in [2.45, 2.75) is 103 Å². The Balaban J connectivity index is 0.963. The van der Waals surface area contributed by atoms with Gasteiger partial charge in [-0.1, -0.05) is 70.2 Å². The van der Waals surface area contributed by atoms with Gasteiger partial charge in [-0.3, -0.25) is 19.2 Å². The van der Waals surface area contributed by atoms with Crippen molar-refractivity contribution in [1.82, 2.24) is 30.2 Å². The number of nitrogens with one attached hydrogen (secondary N) is 4. The molecule has 0 saturated carbocycles. The van der Waals surface area contributed by atoms with Gasteiger partial charge in [-0.25, -0.2) is 9.59 Å². The first kappa shape index (κ1) is 44.9. The van der Waals surface area contributed by atoms with E-state index in [1.807, 2.05) is 94.4 Å². The van der Waals surface area contributed by atoms with Gasteiger partial charge in [0.05, 0.1) is 0 Å². The van der Waals surface area contributed by atoms with Crippen LogP contribution in [0.4, 0.5) is 26.7 Å². The molecule has 0 bridgehead atoms. The van der Waals surface area contributed by atoms with Gasteiger partial charge < -0.3 is 45.8 Å². The van der Waals surface area contributed by atoms with Crippen LogP contribution in [0.15, 0.2) is 78.9 Å².